The smallest absolute Gasteiger partial charge is 0.295 e. The first-order valence-electron chi connectivity index (χ1n) is 12.5. The SMILES string of the molecule is CC(Cc1ccc(Cl)cc1)(Cc1ccc(Cl)cc1)OC(=NC=O)N1CCC2(CC1)OCc1ccccc12. The number of likely N-dealkylation sites (tertiary alicyclic amines) is 1. The van der Waals surface area contributed by atoms with E-state index in [1.807, 2.05) is 48.5 Å². The van der Waals surface area contributed by atoms with Gasteiger partial charge in [-0.15, -0.1) is 0 Å². The maximum absolute atomic E-state index is 11.6. The molecule has 37 heavy (non-hydrogen) atoms. The predicted octanol–water partition coefficient (Wildman–Crippen LogP) is 6.59. The monoisotopic (exact) mass is 536 g/mol. The van der Waals surface area contributed by atoms with E-state index in [0.29, 0.717) is 55.0 Å². The van der Waals surface area contributed by atoms with Crippen LogP contribution < -0.4 is 0 Å². The summed E-state index contributed by atoms with van der Waals surface area (Å²) in [7, 11) is 0. The topological polar surface area (TPSA) is 51.1 Å². The van der Waals surface area contributed by atoms with Crippen LogP contribution in [0.1, 0.15) is 42.0 Å². The number of carbonyl (C=O) groups excluding carboxylic acids is 1. The molecular weight excluding hydrogens is 507 g/mol. The zero-order chi connectivity index (χ0) is 25.9. The van der Waals surface area contributed by atoms with E-state index < -0.39 is 5.60 Å². The van der Waals surface area contributed by atoms with Gasteiger partial charge in [0.15, 0.2) is 0 Å². The minimum atomic E-state index is -0.672. The van der Waals surface area contributed by atoms with Gasteiger partial charge in [0.1, 0.15) is 5.60 Å². The van der Waals surface area contributed by atoms with Crippen molar-refractivity contribution < 1.29 is 14.3 Å². The maximum atomic E-state index is 11.6. The van der Waals surface area contributed by atoms with E-state index in [1.54, 1.807) is 0 Å². The first kappa shape index (κ1) is 25.8. The van der Waals surface area contributed by atoms with Crippen molar-refractivity contribution in [2.75, 3.05) is 13.1 Å². The zero-order valence-electron chi connectivity index (χ0n) is 20.8. The van der Waals surface area contributed by atoms with Crippen LogP contribution in [0.3, 0.4) is 0 Å². The van der Waals surface area contributed by atoms with E-state index in [2.05, 4.69) is 41.1 Å². The highest BCUT2D eigenvalue weighted by Gasteiger charge is 2.43. The second-order valence-corrected chi connectivity index (χ2v) is 11.0. The van der Waals surface area contributed by atoms with Gasteiger partial charge < -0.3 is 14.4 Å². The largest absolute Gasteiger partial charge is 0.458 e. The molecule has 1 saturated heterocycles. The predicted molar refractivity (Wildman–Crippen MR) is 147 cm³/mol. The summed E-state index contributed by atoms with van der Waals surface area (Å²) >= 11 is 12.2. The number of hydrogen-bond acceptors (Lipinski definition) is 3. The van der Waals surface area contributed by atoms with E-state index in [1.165, 1.54) is 11.1 Å². The Morgan fingerprint density at radius 3 is 2.11 bits per heavy atom. The molecule has 192 valence electrons. The van der Waals surface area contributed by atoms with Crippen molar-refractivity contribution in [3.63, 3.8) is 0 Å². The van der Waals surface area contributed by atoms with Crippen molar-refractivity contribution >= 4 is 35.6 Å². The van der Waals surface area contributed by atoms with Gasteiger partial charge in [-0.2, -0.15) is 4.99 Å². The van der Waals surface area contributed by atoms with Crippen LogP contribution in [0.4, 0.5) is 0 Å². The van der Waals surface area contributed by atoms with Gasteiger partial charge in [-0.25, -0.2) is 0 Å². The van der Waals surface area contributed by atoms with Gasteiger partial charge >= 0.3 is 0 Å². The first-order valence-corrected chi connectivity index (χ1v) is 13.3. The molecule has 0 aromatic heterocycles. The molecule has 5 nitrogen and oxygen atoms in total. The number of hydrogen-bond donors (Lipinski definition) is 0. The number of piperidine rings is 1. The molecule has 0 bridgehead atoms. The quantitative estimate of drug-likeness (QED) is 0.202. The molecule has 0 unspecified atom stereocenters. The second-order valence-electron chi connectivity index (χ2n) is 10.1. The van der Waals surface area contributed by atoms with Crippen LogP contribution in [0, 0.1) is 0 Å². The van der Waals surface area contributed by atoms with Crippen molar-refractivity contribution in [1.82, 2.24) is 4.90 Å². The van der Waals surface area contributed by atoms with Crippen LogP contribution in [-0.4, -0.2) is 36.0 Å². The normalized spacial score (nSPS) is 17.1. The van der Waals surface area contributed by atoms with Crippen molar-refractivity contribution in [2.24, 2.45) is 4.99 Å². The fraction of sp³-hybridized carbons (Fsp3) is 0.333. The third-order valence-corrected chi connectivity index (χ3v) is 7.84. The molecule has 2 aliphatic rings. The van der Waals surface area contributed by atoms with Crippen molar-refractivity contribution in [2.45, 2.75) is 50.4 Å². The molecule has 1 fully saturated rings. The fourth-order valence-electron chi connectivity index (χ4n) is 5.50. The number of ether oxygens (including phenoxy) is 2. The van der Waals surface area contributed by atoms with E-state index >= 15 is 0 Å². The molecule has 1 spiro atoms. The van der Waals surface area contributed by atoms with Crippen LogP contribution in [-0.2, 0) is 39.3 Å². The Hall–Kier alpha value is -2.86. The minimum absolute atomic E-state index is 0.282. The molecule has 0 atom stereocenters. The van der Waals surface area contributed by atoms with Crippen LogP contribution >= 0.6 is 23.2 Å². The number of benzene rings is 3. The van der Waals surface area contributed by atoms with Gasteiger partial charge in [-0.1, -0.05) is 71.7 Å². The Balaban J connectivity index is 1.36. The molecule has 0 saturated carbocycles. The number of rotatable bonds is 6. The van der Waals surface area contributed by atoms with Gasteiger partial charge in [0.2, 0.25) is 6.41 Å². The number of amides is 1. The molecule has 0 N–H and O–H groups in total. The molecule has 0 radical (unpaired) electrons. The highest BCUT2D eigenvalue weighted by Crippen LogP contribution is 2.44. The van der Waals surface area contributed by atoms with Gasteiger partial charge in [0.25, 0.3) is 6.02 Å². The van der Waals surface area contributed by atoms with Gasteiger partial charge in [0, 0.05) is 36.0 Å². The number of amidine groups is 1. The average Bonchev–Trinajstić information content (AvgIpc) is 3.25. The second kappa shape index (κ2) is 10.9. The Morgan fingerprint density at radius 2 is 1.54 bits per heavy atom. The lowest BCUT2D eigenvalue weighted by atomic mass is 9.84. The summed E-state index contributed by atoms with van der Waals surface area (Å²) < 4.78 is 13.0. The molecule has 2 heterocycles. The summed E-state index contributed by atoms with van der Waals surface area (Å²) in [6, 6.07) is 24.3. The number of carbonyl (C=O) groups is 1. The molecular formula is C30H30Cl2N2O3. The molecule has 3 aromatic carbocycles. The van der Waals surface area contributed by atoms with Crippen molar-refractivity contribution in [3.8, 4) is 0 Å². The Kier molecular flexibility index (Phi) is 7.57. The van der Waals surface area contributed by atoms with Crippen LogP contribution in [0.25, 0.3) is 0 Å². The minimum Gasteiger partial charge on any atom is -0.458 e. The molecule has 3 aromatic rings. The lowest BCUT2D eigenvalue weighted by molar-refractivity contribution is -0.107. The third-order valence-electron chi connectivity index (χ3n) is 7.34. The molecule has 0 aliphatic carbocycles. The van der Waals surface area contributed by atoms with Crippen LogP contribution in [0.5, 0.6) is 0 Å². The highest BCUT2D eigenvalue weighted by atomic mass is 35.5. The number of aliphatic imine (C=N–C) groups is 1. The Bertz CT molecular complexity index is 1220. The van der Waals surface area contributed by atoms with Crippen molar-refractivity contribution in [1.29, 1.82) is 0 Å². The molecule has 2 aliphatic heterocycles. The van der Waals surface area contributed by atoms with Crippen LogP contribution in [0.2, 0.25) is 10.0 Å². The maximum Gasteiger partial charge on any atom is 0.295 e. The standard InChI is InChI=1S/C30H30Cl2N2O3/c1-29(18-22-6-10-25(31)11-7-22,19-23-8-12-26(32)13-9-23)37-28(33-21-35)34-16-14-30(15-17-34)27-5-3-2-4-24(27)20-36-30/h2-13,21H,14-20H2,1H3. The van der Waals surface area contributed by atoms with Crippen molar-refractivity contribution in [3.05, 3.63) is 105 Å². The lowest BCUT2D eigenvalue weighted by Crippen LogP contribution is -2.49. The summed E-state index contributed by atoms with van der Waals surface area (Å²) in [6.45, 7) is 4.05. The Labute approximate surface area is 228 Å². The van der Waals surface area contributed by atoms with Gasteiger partial charge in [0.05, 0.1) is 12.2 Å². The fourth-order valence-corrected chi connectivity index (χ4v) is 5.75. The van der Waals surface area contributed by atoms with E-state index in [9.17, 15) is 4.79 Å². The summed E-state index contributed by atoms with van der Waals surface area (Å²) in [5.74, 6) is 0. The first-order chi connectivity index (χ1) is 17.9. The molecule has 1 amide bonds. The zero-order valence-corrected chi connectivity index (χ0v) is 22.3. The number of halogens is 2. The number of nitrogens with zero attached hydrogens (tertiary/aromatic N) is 2. The molecule has 7 heteroatoms. The number of fused-ring (bicyclic) bond motifs is 2. The summed E-state index contributed by atoms with van der Waals surface area (Å²) in [6.07, 6.45) is 3.39. The third kappa shape index (κ3) is 5.85. The van der Waals surface area contributed by atoms with E-state index in [-0.39, 0.29) is 5.60 Å². The highest BCUT2D eigenvalue weighted by molar-refractivity contribution is 6.30. The van der Waals surface area contributed by atoms with Gasteiger partial charge in [-0.05, 0) is 66.3 Å². The summed E-state index contributed by atoms with van der Waals surface area (Å²) in [5.41, 5.74) is 3.75. The molecule has 5 rings (SSSR count). The summed E-state index contributed by atoms with van der Waals surface area (Å²) in [4.78, 5) is 17.8. The van der Waals surface area contributed by atoms with E-state index in [0.717, 1.165) is 24.0 Å². The Morgan fingerprint density at radius 1 is 0.973 bits per heavy atom. The van der Waals surface area contributed by atoms with Gasteiger partial charge in [-0.3, -0.25) is 4.79 Å². The van der Waals surface area contributed by atoms with Crippen LogP contribution in [0.15, 0.2) is 77.8 Å². The lowest BCUT2D eigenvalue weighted by Gasteiger charge is -2.42. The average molecular weight is 537 g/mol. The summed E-state index contributed by atoms with van der Waals surface area (Å²) in [5, 5.41) is 1.37. The van der Waals surface area contributed by atoms with E-state index in [4.69, 9.17) is 32.7 Å².